The van der Waals surface area contributed by atoms with Crippen molar-refractivity contribution < 1.29 is 9.53 Å². The molecule has 1 N–H and O–H groups in total. The molecule has 5 rings (SSSR count). The van der Waals surface area contributed by atoms with E-state index in [1.54, 1.807) is 15.6 Å². The van der Waals surface area contributed by atoms with E-state index in [0.29, 0.717) is 36.4 Å². The average molecular weight is 468 g/mol. The Morgan fingerprint density at radius 3 is 2.74 bits per heavy atom. The second-order valence-electron chi connectivity index (χ2n) is 8.42. The lowest BCUT2D eigenvalue weighted by atomic mass is 10.1. The van der Waals surface area contributed by atoms with E-state index in [1.165, 1.54) is 6.20 Å². The fraction of sp³-hybridized carbons (Fsp3) is 0.185. The van der Waals surface area contributed by atoms with Gasteiger partial charge in [-0.2, -0.15) is 5.10 Å². The van der Waals surface area contributed by atoms with Gasteiger partial charge in [0.25, 0.3) is 11.5 Å². The summed E-state index contributed by atoms with van der Waals surface area (Å²) >= 11 is 0. The first-order valence-electron chi connectivity index (χ1n) is 11.4. The van der Waals surface area contributed by atoms with Crippen molar-refractivity contribution >= 4 is 27.7 Å². The maximum Gasteiger partial charge on any atom is 0.264 e. The standard InChI is InChI=1S/C27H25N5O3/c1-19-5-4-6-20(13-19)16-31-18-29-26-24(27(31)34)15-30-32(26)12-11-28-25(33)17-35-23-10-9-21-7-2-3-8-22(21)14-23/h2-10,13-15,18H,11-12,16-17H2,1H3,(H,28,33). The Morgan fingerprint density at radius 1 is 1.03 bits per heavy atom. The maximum atomic E-state index is 12.9. The summed E-state index contributed by atoms with van der Waals surface area (Å²) in [7, 11) is 0. The Balaban J connectivity index is 1.17. The number of hydrogen-bond donors (Lipinski definition) is 1. The van der Waals surface area contributed by atoms with Crippen molar-refractivity contribution in [3.63, 3.8) is 0 Å². The number of benzene rings is 3. The summed E-state index contributed by atoms with van der Waals surface area (Å²) in [6, 6.07) is 21.7. The highest BCUT2D eigenvalue weighted by atomic mass is 16.5. The molecule has 2 heterocycles. The van der Waals surface area contributed by atoms with Gasteiger partial charge in [-0.1, -0.05) is 60.2 Å². The number of carbonyl (C=O) groups is 1. The van der Waals surface area contributed by atoms with Crippen molar-refractivity contribution in [2.24, 2.45) is 0 Å². The van der Waals surface area contributed by atoms with Crippen molar-refractivity contribution in [1.82, 2.24) is 24.6 Å². The van der Waals surface area contributed by atoms with Crippen molar-refractivity contribution in [3.05, 3.63) is 101 Å². The molecule has 176 valence electrons. The molecule has 0 saturated heterocycles. The number of hydrogen-bond acceptors (Lipinski definition) is 5. The Labute approximate surface area is 201 Å². The summed E-state index contributed by atoms with van der Waals surface area (Å²) in [5, 5.41) is 9.74. The van der Waals surface area contributed by atoms with Crippen LogP contribution in [-0.4, -0.2) is 38.4 Å². The van der Waals surface area contributed by atoms with Crippen molar-refractivity contribution in [1.29, 1.82) is 0 Å². The van der Waals surface area contributed by atoms with E-state index >= 15 is 0 Å². The number of rotatable bonds is 8. The highest BCUT2D eigenvalue weighted by molar-refractivity contribution is 5.84. The van der Waals surface area contributed by atoms with Gasteiger partial charge in [-0.15, -0.1) is 0 Å². The third-order valence-corrected chi connectivity index (χ3v) is 5.79. The van der Waals surface area contributed by atoms with Crippen LogP contribution in [0.3, 0.4) is 0 Å². The average Bonchev–Trinajstić information content (AvgIpc) is 3.28. The van der Waals surface area contributed by atoms with E-state index in [4.69, 9.17) is 4.74 Å². The Kier molecular flexibility index (Phi) is 6.26. The summed E-state index contributed by atoms with van der Waals surface area (Å²) in [6.45, 7) is 3.11. The summed E-state index contributed by atoms with van der Waals surface area (Å²) in [6.07, 6.45) is 3.07. The molecule has 0 bridgehead atoms. The van der Waals surface area contributed by atoms with Crippen LogP contribution in [0.25, 0.3) is 21.8 Å². The minimum absolute atomic E-state index is 0.0832. The van der Waals surface area contributed by atoms with Crippen molar-refractivity contribution in [2.45, 2.75) is 20.0 Å². The van der Waals surface area contributed by atoms with E-state index in [0.717, 1.165) is 21.9 Å². The SMILES string of the molecule is Cc1cccc(Cn2cnc3c(cnn3CCNC(=O)COc3ccc4ccccc4c3)c2=O)c1. The molecule has 0 saturated carbocycles. The molecule has 0 fully saturated rings. The number of nitrogens with zero attached hydrogens (tertiary/aromatic N) is 4. The largest absolute Gasteiger partial charge is 0.484 e. The first-order valence-corrected chi connectivity index (χ1v) is 11.4. The summed E-state index contributed by atoms with van der Waals surface area (Å²) in [4.78, 5) is 29.6. The molecule has 5 aromatic rings. The number of ether oxygens (including phenoxy) is 1. The van der Waals surface area contributed by atoms with E-state index in [1.807, 2.05) is 73.7 Å². The van der Waals surface area contributed by atoms with Gasteiger partial charge in [-0.25, -0.2) is 9.67 Å². The Bertz CT molecular complexity index is 1570. The Morgan fingerprint density at radius 2 is 1.89 bits per heavy atom. The molecule has 0 aliphatic heterocycles. The molecule has 2 aromatic heterocycles. The smallest absolute Gasteiger partial charge is 0.264 e. The first kappa shape index (κ1) is 22.3. The molecule has 0 atom stereocenters. The van der Waals surface area contributed by atoms with E-state index < -0.39 is 0 Å². The highest BCUT2D eigenvalue weighted by Gasteiger charge is 2.11. The van der Waals surface area contributed by atoms with E-state index in [9.17, 15) is 9.59 Å². The quantitative estimate of drug-likeness (QED) is 0.378. The molecular formula is C27H25N5O3. The van der Waals surface area contributed by atoms with Gasteiger partial charge >= 0.3 is 0 Å². The Hall–Kier alpha value is -4.46. The van der Waals surface area contributed by atoms with E-state index in [2.05, 4.69) is 15.4 Å². The zero-order valence-corrected chi connectivity index (χ0v) is 19.3. The molecule has 0 spiro atoms. The molecule has 0 aliphatic rings. The number of fused-ring (bicyclic) bond motifs is 2. The zero-order valence-electron chi connectivity index (χ0n) is 19.3. The fourth-order valence-electron chi connectivity index (χ4n) is 4.04. The summed E-state index contributed by atoms with van der Waals surface area (Å²) < 4.78 is 8.83. The molecular weight excluding hydrogens is 442 g/mol. The minimum Gasteiger partial charge on any atom is -0.484 e. The molecule has 0 radical (unpaired) electrons. The summed E-state index contributed by atoms with van der Waals surface area (Å²) in [5.74, 6) is 0.408. The second kappa shape index (κ2) is 9.80. The zero-order chi connectivity index (χ0) is 24.2. The van der Waals surface area contributed by atoms with Crippen molar-refractivity contribution in [3.8, 4) is 5.75 Å². The number of aryl methyl sites for hydroxylation is 1. The van der Waals surface area contributed by atoms with Gasteiger partial charge in [-0.05, 0) is 35.4 Å². The number of nitrogens with one attached hydrogen (secondary N) is 1. The fourth-order valence-corrected chi connectivity index (χ4v) is 4.04. The predicted octanol–water partition coefficient (Wildman–Crippen LogP) is 3.30. The lowest BCUT2D eigenvalue weighted by Gasteiger charge is -2.09. The first-order chi connectivity index (χ1) is 17.1. The van der Waals surface area contributed by atoms with Crippen LogP contribution < -0.4 is 15.6 Å². The van der Waals surface area contributed by atoms with E-state index in [-0.39, 0.29) is 18.1 Å². The van der Waals surface area contributed by atoms with Gasteiger partial charge in [0.1, 0.15) is 17.5 Å². The topological polar surface area (TPSA) is 91.0 Å². The van der Waals surface area contributed by atoms with Gasteiger partial charge in [0.2, 0.25) is 0 Å². The van der Waals surface area contributed by atoms with Crippen LogP contribution in [0.2, 0.25) is 0 Å². The minimum atomic E-state index is -0.233. The van der Waals surface area contributed by atoms with Crippen LogP contribution in [0.1, 0.15) is 11.1 Å². The molecule has 8 nitrogen and oxygen atoms in total. The van der Waals surface area contributed by atoms with Crippen LogP contribution in [-0.2, 0) is 17.9 Å². The van der Waals surface area contributed by atoms with Crippen LogP contribution >= 0.6 is 0 Å². The third kappa shape index (κ3) is 5.06. The predicted molar refractivity (Wildman–Crippen MR) is 135 cm³/mol. The lowest BCUT2D eigenvalue weighted by molar-refractivity contribution is -0.123. The van der Waals surface area contributed by atoms with Gasteiger partial charge in [0, 0.05) is 6.54 Å². The molecule has 0 unspecified atom stereocenters. The molecule has 8 heteroatoms. The summed E-state index contributed by atoms with van der Waals surface area (Å²) in [5.41, 5.74) is 2.53. The van der Waals surface area contributed by atoms with Crippen LogP contribution in [0.5, 0.6) is 5.75 Å². The number of carbonyl (C=O) groups excluding carboxylic acids is 1. The third-order valence-electron chi connectivity index (χ3n) is 5.79. The highest BCUT2D eigenvalue weighted by Crippen LogP contribution is 2.20. The van der Waals surface area contributed by atoms with Gasteiger partial charge < -0.3 is 10.1 Å². The monoisotopic (exact) mass is 467 g/mol. The van der Waals surface area contributed by atoms with Gasteiger partial charge in [0.05, 0.1) is 19.3 Å². The van der Waals surface area contributed by atoms with Crippen LogP contribution in [0, 0.1) is 6.92 Å². The molecule has 1 amide bonds. The number of amides is 1. The van der Waals surface area contributed by atoms with Crippen LogP contribution in [0.15, 0.2) is 84.0 Å². The van der Waals surface area contributed by atoms with Gasteiger partial charge in [-0.3, -0.25) is 14.2 Å². The second-order valence-corrected chi connectivity index (χ2v) is 8.42. The van der Waals surface area contributed by atoms with Crippen molar-refractivity contribution in [2.75, 3.05) is 13.2 Å². The number of aromatic nitrogens is 4. The van der Waals surface area contributed by atoms with Crippen LogP contribution in [0.4, 0.5) is 0 Å². The molecule has 35 heavy (non-hydrogen) atoms. The lowest BCUT2D eigenvalue weighted by Crippen LogP contribution is -2.31. The van der Waals surface area contributed by atoms with Gasteiger partial charge in [0.15, 0.2) is 12.3 Å². The molecule has 0 aliphatic carbocycles. The molecule has 3 aromatic carbocycles. The normalized spacial score (nSPS) is 11.1. The maximum absolute atomic E-state index is 12.9.